The van der Waals surface area contributed by atoms with Gasteiger partial charge in [-0.15, -0.1) is 0 Å². The highest BCUT2D eigenvalue weighted by Crippen LogP contribution is 2.55. The molecule has 1 aromatic carbocycles. The zero-order chi connectivity index (χ0) is 24.6. The Bertz CT molecular complexity index is 1160. The SMILES string of the molecule is CC(C)c1ccc(O)c2c1CC1C[C@H]3[C@@H](C(C)C)C(=O)C(C(N)=O)=C(O)[C@@]3(O)C(=O)C1=C2O. The number of primary amides is 1. The van der Waals surface area contributed by atoms with Crippen LogP contribution >= 0.6 is 0 Å². The molecule has 0 bridgehead atoms. The van der Waals surface area contributed by atoms with Gasteiger partial charge in [0.2, 0.25) is 5.78 Å². The van der Waals surface area contributed by atoms with Gasteiger partial charge < -0.3 is 26.2 Å². The molecule has 1 unspecified atom stereocenters. The number of aliphatic hydroxyl groups is 3. The van der Waals surface area contributed by atoms with Gasteiger partial charge in [-0.05, 0) is 47.8 Å². The average Bonchev–Trinajstić information content (AvgIpc) is 2.70. The summed E-state index contributed by atoms with van der Waals surface area (Å²) in [5.41, 5.74) is 3.63. The molecule has 176 valence electrons. The summed E-state index contributed by atoms with van der Waals surface area (Å²) in [6, 6.07) is 3.24. The Balaban J connectivity index is 1.99. The number of hydrogen-bond acceptors (Lipinski definition) is 7. The molecule has 1 fully saturated rings. The number of benzene rings is 1. The first-order chi connectivity index (χ1) is 15.3. The third kappa shape index (κ3) is 2.96. The molecule has 0 aromatic heterocycles. The number of carbonyl (C=O) groups excluding carboxylic acids is 3. The van der Waals surface area contributed by atoms with Crippen LogP contribution in [0.1, 0.15) is 56.7 Å². The molecule has 1 saturated carbocycles. The lowest BCUT2D eigenvalue weighted by Gasteiger charge is -2.50. The third-order valence-electron chi connectivity index (χ3n) is 7.51. The summed E-state index contributed by atoms with van der Waals surface area (Å²) in [7, 11) is 0. The van der Waals surface area contributed by atoms with Gasteiger partial charge in [0.1, 0.15) is 22.8 Å². The summed E-state index contributed by atoms with van der Waals surface area (Å²) in [5, 5.41) is 44.0. The molecule has 0 radical (unpaired) electrons. The molecule has 1 amide bonds. The van der Waals surface area contributed by atoms with E-state index in [4.69, 9.17) is 5.73 Å². The van der Waals surface area contributed by atoms with E-state index < -0.39 is 57.9 Å². The van der Waals surface area contributed by atoms with E-state index in [1.807, 2.05) is 13.8 Å². The lowest BCUT2D eigenvalue weighted by atomic mass is 9.54. The van der Waals surface area contributed by atoms with E-state index in [0.717, 1.165) is 11.1 Å². The third-order valence-corrected chi connectivity index (χ3v) is 7.51. The van der Waals surface area contributed by atoms with Gasteiger partial charge >= 0.3 is 0 Å². The van der Waals surface area contributed by atoms with Crippen molar-refractivity contribution in [2.45, 2.75) is 52.1 Å². The van der Waals surface area contributed by atoms with Crippen molar-refractivity contribution in [2.75, 3.05) is 0 Å². The van der Waals surface area contributed by atoms with Crippen molar-refractivity contribution in [3.8, 4) is 5.75 Å². The van der Waals surface area contributed by atoms with Crippen LogP contribution in [0.5, 0.6) is 5.75 Å². The van der Waals surface area contributed by atoms with Crippen LogP contribution in [-0.2, 0) is 20.8 Å². The molecule has 0 aliphatic heterocycles. The Hall–Kier alpha value is -3.13. The summed E-state index contributed by atoms with van der Waals surface area (Å²) >= 11 is 0. The zero-order valence-corrected chi connectivity index (χ0v) is 19.0. The van der Waals surface area contributed by atoms with Crippen LogP contribution < -0.4 is 5.73 Å². The highest BCUT2D eigenvalue weighted by Gasteiger charge is 2.64. The largest absolute Gasteiger partial charge is 0.508 e. The van der Waals surface area contributed by atoms with Crippen molar-refractivity contribution < 1.29 is 34.8 Å². The fourth-order valence-corrected chi connectivity index (χ4v) is 6.05. The predicted molar refractivity (Wildman–Crippen MR) is 119 cm³/mol. The van der Waals surface area contributed by atoms with Crippen molar-refractivity contribution >= 4 is 23.2 Å². The lowest BCUT2D eigenvalue weighted by Crippen LogP contribution is -2.62. The maximum absolute atomic E-state index is 13.7. The number of Topliss-reactive ketones (excluding diaryl/α,β-unsaturated/α-hetero) is 2. The number of amides is 1. The number of hydrogen-bond donors (Lipinski definition) is 5. The van der Waals surface area contributed by atoms with Gasteiger partial charge in [-0.1, -0.05) is 33.8 Å². The highest BCUT2D eigenvalue weighted by atomic mass is 16.3. The maximum atomic E-state index is 13.7. The van der Waals surface area contributed by atoms with Crippen LogP contribution in [-0.4, -0.2) is 43.5 Å². The average molecular weight is 456 g/mol. The molecule has 8 nitrogen and oxygen atoms in total. The number of rotatable bonds is 3. The van der Waals surface area contributed by atoms with Gasteiger partial charge in [0.05, 0.1) is 5.56 Å². The Labute approximate surface area is 191 Å². The molecule has 3 aliphatic rings. The Morgan fingerprint density at radius 1 is 1.12 bits per heavy atom. The predicted octanol–water partition coefficient (Wildman–Crippen LogP) is 2.43. The van der Waals surface area contributed by atoms with Crippen LogP contribution in [0.3, 0.4) is 0 Å². The van der Waals surface area contributed by atoms with Crippen LogP contribution in [0.4, 0.5) is 0 Å². The van der Waals surface area contributed by atoms with Crippen LogP contribution in [0.2, 0.25) is 0 Å². The molecule has 4 rings (SSSR count). The maximum Gasteiger partial charge on any atom is 0.255 e. The number of phenolic OH excluding ortho intramolecular Hbond substituents is 1. The molecule has 1 aromatic rings. The second-order valence-electron chi connectivity index (χ2n) is 10.0. The molecular formula is C25H29NO7. The summed E-state index contributed by atoms with van der Waals surface area (Å²) in [6.07, 6.45) is 0.445. The molecule has 0 heterocycles. The lowest BCUT2D eigenvalue weighted by molar-refractivity contribution is -0.155. The van der Waals surface area contributed by atoms with Crippen molar-refractivity contribution in [3.63, 3.8) is 0 Å². The fraction of sp³-hybridized carbons (Fsp3) is 0.480. The fourth-order valence-electron chi connectivity index (χ4n) is 6.05. The minimum atomic E-state index is -2.57. The summed E-state index contributed by atoms with van der Waals surface area (Å²) in [6.45, 7) is 7.44. The molecular weight excluding hydrogens is 426 g/mol. The van der Waals surface area contributed by atoms with Crippen LogP contribution in [0.15, 0.2) is 29.0 Å². The number of carbonyl (C=O) groups is 3. The number of fused-ring (bicyclic) bond motifs is 3. The van der Waals surface area contributed by atoms with Gasteiger partial charge in [0.25, 0.3) is 5.91 Å². The van der Waals surface area contributed by atoms with E-state index in [1.165, 1.54) is 6.07 Å². The molecule has 6 N–H and O–H groups in total. The van der Waals surface area contributed by atoms with E-state index >= 15 is 0 Å². The van der Waals surface area contributed by atoms with E-state index in [-0.39, 0.29) is 35.1 Å². The summed E-state index contributed by atoms with van der Waals surface area (Å²) in [4.78, 5) is 38.8. The van der Waals surface area contributed by atoms with Gasteiger partial charge in [0.15, 0.2) is 11.4 Å². The first-order valence-electron chi connectivity index (χ1n) is 11.2. The second kappa shape index (κ2) is 7.45. The molecule has 3 aliphatic carbocycles. The van der Waals surface area contributed by atoms with Crippen LogP contribution in [0.25, 0.3) is 5.76 Å². The number of phenols is 1. The highest BCUT2D eigenvalue weighted by molar-refractivity contribution is 6.23. The first-order valence-corrected chi connectivity index (χ1v) is 11.2. The van der Waals surface area contributed by atoms with Crippen LogP contribution in [0, 0.1) is 23.7 Å². The molecule has 8 heteroatoms. The topological polar surface area (TPSA) is 158 Å². The quantitative estimate of drug-likeness (QED) is 0.438. The molecule has 33 heavy (non-hydrogen) atoms. The number of aromatic hydroxyl groups is 1. The minimum Gasteiger partial charge on any atom is -0.508 e. The van der Waals surface area contributed by atoms with Gasteiger partial charge in [-0.3, -0.25) is 14.4 Å². The molecule has 0 spiro atoms. The summed E-state index contributed by atoms with van der Waals surface area (Å²) < 4.78 is 0. The molecule has 4 atom stereocenters. The standard InChI is InChI=1S/C25H29NO7/c1-9(2)12-5-6-15(27)18-13(12)7-11-8-14-16(10(3)4)20(28)19(24(26)32)23(31)25(14,33)22(30)17(11)21(18)29/h5-6,9-11,14,16,27,29,31,33H,7-8H2,1-4H3,(H2,26,32)/t11?,14-,16+,25-/m0/s1. The zero-order valence-electron chi connectivity index (χ0n) is 19.0. The molecule has 0 saturated heterocycles. The van der Waals surface area contributed by atoms with E-state index in [2.05, 4.69) is 0 Å². The monoisotopic (exact) mass is 455 g/mol. The minimum absolute atomic E-state index is 0.0923. The number of ketones is 2. The van der Waals surface area contributed by atoms with Crippen molar-refractivity contribution in [2.24, 2.45) is 29.4 Å². The van der Waals surface area contributed by atoms with Crippen molar-refractivity contribution in [1.29, 1.82) is 0 Å². The van der Waals surface area contributed by atoms with E-state index in [0.29, 0.717) is 6.42 Å². The van der Waals surface area contributed by atoms with Gasteiger partial charge in [0, 0.05) is 17.4 Å². The van der Waals surface area contributed by atoms with E-state index in [1.54, 1.807) is 19.9 Å². The first kappa shape index (κ1) is 23.0. The Morgan fingerprint density at radius 3 is 2.30 bits per heavy atom. The van der Waals surface area contributed by atoms with Crippen molar-refractivity contribution in [3.05, 3.63) is 45.7 Å². The van der Waals surface area contributed by atoms with Gasteiger partial charge in [-0.25, -0.2) is 0 Å². The Kier molecular flexibility index (Phi) is 5.20. The summed E-state index contributed by atoms with van der Waals surface area (Å²) in [5.74, 6) is -7.31. The van der Waals surface area contributed by atoms with Gasteiger partial charge in [-0.2, -0.15) is 0 Å². The second-order valence-corrected chi connectivity index (χ2v) is 10.0. The van der Waals surface area contributed by atoms with E-state index in [9.17, 15) is 34.8 Å². The number of aliphatic hydroxyl groups excluding tert-OH is 2. The normalized spacial score (nSPS) is 29.4. The van der Waals surface area contributed by atoms with Crippen molar-refractivity contribution in [1.82, 2.24) is 0 Å². The number of nitrogens with two attached hydrogens (primary N) is 1. The Morgan fingerprint density at radius 2 is 1.76 bits per heavy atom. The smallest absolute Gasteiger partial charge is 0.255 e.